The molecule has 1 aromatic carbocycles. The van der Waals surface area contributed by atoms with Crippen LogP contribution in [0.2, 0.25) is 0 Å². The van der Waals surface area contributed by atoms with E-state index in [1.54, 1.807) is 0 Å². The van der Waals surface area contributed by atoms with E-state index in [9.17, 15) is 4.79 Å². The molecule has 4 nitrogen and oxygen atoms in total. The molecule has 1 N–H and O–H groups in total. The van der Waals surface area contributed by atoms with Crippen LogP contribution in [0.5, 0.6) is 0 Å². The van der Waals surface area contributed by atoms with Crippen LogP contribution in [0.4, 0.5) is 0 Å². The van der Waals surface area contributed by atoms with Crippen molar-refractivity contribution in [3.8, 4) is 0 Å². The van der Waals surface area contributed by atoms with Crippen molar-refractivity contribution in [2.75, 3.05) is 19.8 Å². The van der Waals surface area contributed by atoms with Gasteiger partial charge in [0.2, 0.25) is 5.91 Å². The van der Waals surface area contributed by atoms with Crippen molar-refractivity contribution in [1.29, 1.82) is 0 Å². The molecule has 2 aliphatic heterocycles. The molecular weight excluding hydrogens is 264 g/mol. The Morgan fingerprint density at radius 2 is 2.14 bits per heavy atom. The Bertz CT molecular complexity index is 471. The van der Waals surface area contributed by atoms with Crippen molar-refractivity contribution in [3.05, 3.63) is 35.9 Å². The third-order valence-corrected chi connectivity index (χ3v) is 4.42. The number of hydrogen-bond acceptors (Lipinski definition) is 3. The van der Waals surface area contributed by atoms with Crippen molar-refractivity contribution in [2.24, 2.45) is 5.92 Å². The van der Waals surface area contributed by atoms with E-state index in [0.29, 0.717) is 5.92 Å². The Morgan fingerprint density at radius 3 is 2.81 bits per heavy atom. The predicted molar refractivity (Wildman–Crippen MR) is 81.7 cm³/mol. The van der Waals surface area contributed by atoms with Crippen LogP contribution in [0.3, 0.4) is 0 Å². The maximum absolute atomic E-state index is 12.7. The van der Waals surface area contributed by atoms with E-state index in [4.69, 9.17) is 4.74 Å². The lowest BCUT2D eigenvalue weighted by atomic mass is 10.1. The fraction of sp³-hybridized carbons (Fsp3) is 0.588. The molecule has 0 spiro atoms. The summed E-state index contributed by atoms with van der Waals surface area (Å²) >= 11 is 0. The van der Waals surface area contributed by atoms with Crippen molar-refractivity contribution in [1.82, 2.24) is 10.2 Å². The highest BCUT2D eigenvalue weighted by molar-refractivity contribution is 5.84. The number of carbonyl (C=O) groups excluding carboxylic acids is 1. The van der Waals surface area contributed by atoms with Gasteiger partial charge in [-0.2, -0.15) is 0 Å². The van der Waals surface area contributed by atoms with E-state index in [2.05, 4.69) is 24.4 Å². The summed E-state index contributed by atoms with van der Waals surface area (Å²) in [4.78, 5) is 14.7. The number of nitrogens with zero attached hydrogens (tertiary/aromatic N) is 1. The average Bonchev–Trinajstić information content (AvgIpc) is 3.12. The molecule has 3 rings (SSSR count). The summed E-state index contributed by atoms with van der Waals surface area (Å²) in [5.74, 6) is 0.722. The third kappa shape index (κ3) is 3.11. The second-order valence-electron chi connectivity index (χ2n) is 6.04. The molecule has 0 radical (unpaired) electrons. The maximum Gasteiger partial charge on any atom is 0.241 e. The van der Waals surface area contributed by atoms with Crippen LogP contribution in [0, 0.1) is 5.92 Å². The Morgan fingerprint density at radius 1 is 1.33 bits per heavy atom. The summed E-state index contributed by atoms with van der Waals surface area (Å²) in [5, 5.41) is 3.52. The van der Waals surface area contributed by atoms with Gasteiger partial charge < -0.3 is 9.64 Å². The summed E-state index contributed by atoms with van der Waals surface area (Å²) in [7, 11) is 0. The molecule has 0 aliphatic carbocycles. The lowest BCUT2D eigenvalue weighted by Gasteiger charge is -2.26. The zero-order chi connectivity index (χ0) is 14.7. The first kappa shape index (κ1) is 14.5. The molecule has 0 bridgehead atoms. The number of ether oxygens (including phenoxy) is 1. The largest absolute Gasteiger partial charge is 0.381 e. The minimum absolute atomic E-state index is 0.0100. The molecule has 4 heteroatoms. The number of amides is 1. The topological polar surface area (TPSA) is 41.6 Å². The van der Waals surface area contributed by atoms with Gasteiger partial charge in [-0.1, -0.05) is 43.7 Å². The molecule has 2 fully saturated rings. The Hall–Kier alpha value is -1.39. The van der Waals surface area contributed by atoms with Gasteiger partial charge in [0.1, 0.15) is 6.17 Å². The van der Waals surface area contributed by atoms with Crippen molar-refractivity contribution in [2.45, 2.75) is 38.4 Å². The molecule has 0 aromatic heterocycles. The lowest BCUT2D eigenvalue weighted by molar-refractivity contribution is -0.130. The number of nitrogens with one attached hydrogen (secondary N) is 1. The summed E-state index contributed by atoms with van der Waals surface area (Å²) in [6.45, 7) is 4.53. The third-order valence-electron chi connectivity index (χ3n) is 4.42. The van der Waals surface area contributed by atoms with Crippen LogP contribution in [0.1, 0.15) is 37.9 Å². The highest BCUT2D eigenvalue weighted by Crippen LogP contribution is 2.29. The normalized spacial score (nSPS) is 29.3. The van der Waals surface area contributed by atoms with Crippen LogP contribution in [-0.2, 0) is 9.53 Å². The maximum atomic E-state index is 12.7. The van der Waals surface area contributed by atoms with E-state index in [0.717, 1.165) is 39.0 Å². The zero-order valence-corrected chi connectivity index (χ0v) is 12.6. The number of hydrogen-bond donors (Lipinski definition) is 1. The Kier molecular flexibility index (Phi) is 4.56. The molecule has 21 heavy (non-hydrogen) atoms. The standard InChI is InChI=1S/C17H24N2O2/c1-2-6-15-17(20)19(11-13-9-10-21-12-13)16(18-15)14-7-4-3-5-8-14/h3-5,7-8,13,15-16,18H,2,6,9-12H2,1H3. The first-order chi connectivity index (χ1) is 10.3. The summed E-state index contributed by atoms with van der Waals surface area (Å²) in [6.07, 6.45) is 2.99. The second kappa shape index (κ2) is 6.58. The van der Waals surface area contributed by atoms with E-state index in [1.165, 1.54) is 5.56 Å². The van der Waals surface area contributed by atoms with Gasteiger partial charge in [0.15, 0.2) is 0 Å². The first-order valence-corrected chi connectivity index (χ1v) is 7.98. The predicted octanol–water partition coefficient (Wildman–Crippen LogP) is 2.32. The smallest absolute Gasteiger partial charge is 0.241 e. The van der Waals surface area contributed by atoms with Crippen LogP contribution in [-0.4, -0.2) is 36.6 Å². The van der Waals surface area contributed by atoms with Gasteiger partial charge in [-0.25, -0.2) is 0 Å². The molecule has 3 atom stereocenters. The lowest BCUT2D eigenvalue weighted by Crippen LogP contribution is -2.35. The van der Waals surface area contributed by atoms with Crippen LogP contribution in [0.25, 0.3) is 0 Å². The molecular formula is C17H24N2O2. The van der Waals surface area contributed by atoms with Gasteiger partial charge in [-0.15, -0.1) is 0 Å². The average molecular weight is 288 g/mol. The number of carbonyl (C=O) groups is 1. The highest BCUT2D eigenvalue weighted by atomic mass is 16.5. The minimum atomic E-state index is -0.0393. The minimum Gasteiger partial charge on any atom is -0.381 e. The fourth-order valence-electron chi connectivity index (χ4n) is 3.29. The number of benzene rings is 1. The molecule has 2 saturated heterocycles. The molecule has 1 amide bonds. The van der Waals surface area contributed by atoms with Crippen LogP contribution >= 0.6 is 0 Å². The molecule has 2 aliphatic rings. The second-order valence-corrected chi connectivity index (χ2v) is 6.04. The van der Waals surface area contributed by atoms with E-state index < -0.39 is 0 Å². The van der Waals surface area contributed by atoms with Gasteiger partial charge in [0.05, 0.1) is 12.6 Å². The first-order valence-electron chi connectivity index (χ1n) is 7.98. The molecule has 1 aromatic rings. The summed E-state index contributed by atoms with van der Waals surface area (Å²) < 4.78 is 5.46. The van der Waals surface area contributed by atoms with E-state index in [-0.39, 0.29) is 18.1 Å². The molecule has 114 valence electrons. The monoisotopic (exact) mass is 288 g/mol. The van der Waals surface area contributed by atoms with E-state index >= 15 is 0 Å². The summed E-state index contributed by atoms with van der Waals surface area (Å²) in [5.41, 5.74) is 1.17. The van der Waals surface area contributed by atoms with Crippen molar-refractivity contribution >= 4 is 5.91 Å². The van der Waals surface area contributed by atoms with Gasteiger partial charge in [-0.3, -0.25) is 10.1 Å². The van der Waals surface area contributed by atoms with Gasteiger partial charge >= 0.3 is 0 Å². The van der Waals surface area contributed by atoms with Crippen LogP contribution < -0.4 is 5.32 Å². The number of rotatable bonds is 5. The Balaban J connectivity index is 1.79. The Labute approximate surface area is 126 Å². The van der Waals surface area contributed by atoms with Crippen molar-refractivity contribution < 1.29 is 9.53 Å². The van der Waals surface area contributed by atoms with E-state index in [1.807, 2.05) is 23.1 Å². The van der Waals surface area contributed by atoms with Crippen LogP contribution in [0.15, 0.2) is 30.3 Å². The van der Waals surface area contributed by atoms with Gasteiger partial charge in [0.25, 0.3) is 0 Å². The summed E-state index contributed by atoms with van der Waals surface area (Å²) in [6, 6.07) is 10.2. The SMILES string of the molecule is CCCC1NC(c2ccccc2)N(CC2CCOC2)C1=O. The molecule has 0 saturated carbocycles. The van der Waals surface area contributed by atoms with Gasteiger partial charge in [-0.05, 0) is 18.4 Å². The molecule has 3 unspecified atom stereocenters. The quantitative estimate of drug-likeness (QED) is 0.904. The molecule has 2 heterocycles. The zero-order valence-electron chi connectivity index (χ0n) is 12.6. The highest BCUT2D eigenvalue weighted by Gasteiger charge is 2.40. The fourth-order valence-corrected chi connectivity index (χ4v) is 3.29. The van der Waals surface area contributed by atoms with Crippen molar-refractivity contribution in [3.63, 3.8) is 0 Å². The van der Waals surface area contributed by atoms with Gasteiger partial charge in [0, 0.05) is 19.1 Å².